The van der Waals surface area contributed by atoms with Crippen molar-refractivity contribution in [2.45, 2.75) is 19.8 Å². The van der Waals surface area contributed by atoms with E-state index < -0.39 is 0 Å². The Balaban J connectivity index is 1.72. The molecule has 1 N–H and O–H groups in total. The van der Waals surface area contributed by atoms with Gasteiger partial charge in [0, 0.05) is 38.0 Å². The summed E-state index contributed by atoms with van der Waals surface area (Å²) in [6.45, 7) is 4.07. The van der Waals surface area contributed by atoms with E-state index in [1.807, 2.05) is 11.0 Å². The van der Waals surface area contributed by atoms with E-state index in [0.717, 1.165) is 18.4 Å². The van der Waals surface area contributed by atoms with Crippen molar-refractivity contribution in [2.24, 2.45) is 5.92 Å². The predicted molar refractivity (Wildman–Crippen MR) is 83.3 cm³/mol. The van der Waals surface area contributed by atoms with Gasteiger partial charge >= 0.3 is 0 Å². The quantitative estimate of drug-likeness (QED) is 0.924. The zero-order valence-electron chi connectivity index (χ0n) is 12.5. The van der Waals surface area contributed by atoms with Crippen LogP contribution in [-0.4, -0.2) is 43.0 Å². The van der Waals surface area contributed by atoms with Crippen LogP contribution in [0.25, 0.3) is 0 Å². The normalized spacial score (nSPS) is 19.7. The number of fused-ring (bicyclic) bond motifs is 1. The number of rotatable bonds is 3. The summed E-state index contributed by atoms with van der Waals surface area (Å²) in [5.74, 6) is 0.914. The fourth-order valence-electron chi connectivity index (χ4n) is 3.07. The average molecular weight is 323 g/mol. The molecule has 2 aliphatic rings. The maximum absolute atomic E-state index is 12.7. The maximum atomic E-state index is 12.7. The topological polar surface area (TPSA) is 58.6 Å². The molecule has 1 saturated heterocycles. The second kappa shape index (κ2) is 6.16. The van der Waals surface area contributed by atoms with Crippen molar-refractivity contribution in [1.82, 2.24) is 10.2 Å². The molecule has 1 aromatic rings. The number of halogens is 1. The van der Waals surface area contributed by atoms with Gasteiger partial charge in [-0.25, -0.2) is 0 Å². The van der Waals surface area contributed by atoms with Crippen LogP contribution in [0.15, 0.2) is 12.1 Å². The Morgan fingerprint density at radius 1 is 1.45 bits per heavy atom. The van der Waals surface area contributed by atoms with Gasteiger partial charge in [-0.2, -0.15) is 0 Å². The van der Waals surface area contributed by atoms with Gasteiger partial charge in [-0.1, -0.05) is 11.6 Å². The van der Waals surface area contributed by atoms with E-state index in [1.165, 1.54) is 6.92 Å². The lowest BCUT2D eigenvalue weighted by Crippen LogP contribution is -2.32. The van der Waals surface area contributed by atoms with E-state index in [9.17, 15) is 9.59 Å². The summed E-state index contributed by atoms with van der Waals surface area (Å²) in [6, 6.07) is 3.55. The highest BCUT2D eigenvalue weighted by molar-refractivity contribution is 6.31. The van der Waals surface area contributed by atoms with E-state index in [-0.39, 0.29) is 11.8 Å². The van der Waals surface area contributed by atoms with Crippen molar-refractivity contribution in [3.8, 4) is 5.75 Å². The minimum absolute atomic E-state index is 0.0361. The summed E-state index contributed by atoms with van der Waals surface area (Å²) in [5.41, 5.74) is 1.56. The highest BCUT2D eigenvalue weighted by Crippen LogP contribution is 2.34. The summed E-state index contributed by atoms with van der Waals surface area (Å²) in [6.07, 6.45) is 1.69. The second-order valence-electron chi connectivity index (χ2n) is 5.88. The lowest BCUT2D eigenvalue weighted by molar-refractivity contribution is -0.119. The van der Waals surface area contributed by atoms with Crippen molar-refractivity contribution >= 4 is 23.4 Å². The first-order valence-corrected chi connectivity index (χ1v) is 7.91. The van der Waals surface area contributed by atoms with E-state index in [4.69, 9.17) is 16.3 Å². The van der Waals surface area contributed by atoms with Crippen molar-refractivity contribution in [1.29, 1.82) is 0 Å². The minimum Gasteiger partial charge on any atom is -0.492 e. The van der Waals surface area contributed by atoms with Gasteiger partial charge in [0.15, 0.2) is 0 Å². The van der Waals surface area contributed by atoms with Crippen LogP contribution >= 0.6 is 11.6 Å². The third-order valence-electron chi connectivity index (χ3n) is 4.19. The van der Waals surface area contributed by atoms with Gasteiger partial charge in [-0.3, -0.25) is 9.59 Å². The Labute approximate surface area is 134 Å². The van der Waals surface area contributed by atoms with E-state index in [2.05, 4.69) is 5.32 Å². The maximum Gasteiger partial charge on any atom is 0.257 e. The number of amides is 2. The molecule has 0 radical (unpaired) electrons. The molecule has 0 aliphatic carbocycles. The molecule has 6 heteroatoms. The molecule has 1 fully saturated rings. The Kier molecular flexibility index (Phi) is 4.25. The number of hydrogen-bond acceptors (Lipinski definition) is 3. The monoisotopic (exact) mass is 322 g/mol. The number of nitrogens with one attached hydrogen (secondary N) is 1. The SMILES string of the molecule is CC(=O)NCC1CCN(C(=O)c2cc(Cl)cc3c2OCC3)C1. The fraction of sp³-hybridized carbons (Fsp3) is 0.500. The van der Waals surface area contributed by atoms with Gasteiger partial charge in [-0.15, -0.1) is 0 Å². The van der Waals surface area contributed by atoms with Crippen LogP contribution in [0.3, 0.4) is 0 Å². The van der Waals surface area contributed by atoms with Gasteiger partial charge in [0.05, 0.1) is 12.2 Å². The Hall–Kier alpha value is -1.75. The highest BCUT2D eigenvalue weighted by atomic mass is 35.5. The van der Waals surface area contributed by atoms with Crippen LogP contribution < -0.4 is 10.1 Å². The largest absolute Gasteiger partial charge is 0.492 e. The third kappa shape index (κ3) is 3.04. The van der Waals surface area contributed by atoms with E-state index in [1.54, 1.807) is 6.07 Å². The summed E-state index contributed by atoms with van der Waals surface area (Å²) >= 11 is 6.12. The second-order valence-corrected chi connectivity index (χ2v) is 6.32. The van der Waals surface area contributed by atoms with Gasteiger partial charge in [-0.05, 0) is 30.0 Å². The number of nitrogens with zero attached hydrogens (tertiary/aromatic N) is 1. The average Bonchev–Trinajstić information content (AvgIpc) is 3.12. The molecule has 2 aliphatic heterocycles. The molecule has 0 saturated carbocycles. The third-order valence-corrected chi connectivity index (χ3v) is 4.41. The standard InChI is InChI=1S/C16H19ClN2O3/c1-10(20)18-8-11-2-4-19(9-11)16(21)14-7-13(17)6-12-3-5-22-15(12)14/h6-7,11H,2-5,8-9H2,1H3,(H,18,20). The van der Waals surface area contributed by atoms with Crippen LogP contribution in [0, 0.1) is 5.92 Å². The Morgan fingerprint density at radius 3 is 3.05 bits per heavy atom. The van der Waals surface area contributed by atoms with E-state index >= 15 is 0 Å². The van der Waals surface area contributed by atoms with Crippen LogP contribution in [0.5, 0.6) is 5.75 Å². The molecule has 1 atom stereocenters. The number of carbonyl (C=O) groups is 2. The van der Waals surface area contributed by atoms with E-state index in [0.29, 0.717) is 48.5 Å². The zero-order chi connectivity index (χ0) is 15.7. The lowest BCUT2D eigenvalue weighted by atomic mass is 10.1. The summed E-state index contributed by atoms with van der Waals surface area (Å²) in [5, 5.41) is 3.39. The molecule has 1 unspecified atom stereocenters. The number of ether oxygens (including phenoxy) is 1. The first-order valence-electron chi connectivity index (χ1n) is 7.53. The summed E-state index contributed by atoms with van der Waals surface area (Å²) in [7, 11) is 0. The Bertz CT molecular complexity index is 618. The zero-order valence-corrected chi connectivity index (χ0v) is 13.3. The first kappa shape index (κ1) is 15.2. The number of likely N-dealkylation sites (tertiary alicyclic amines) is 1. The van der Waals surface area contributed by atoms with Gasteiger partial charge in [0.2, 0.25) is 5.91 Å². The molecular weight excluding hydrogens is 304 g/mol. The minimum atomic E-state index is -0.0363. The molecule has 3 rings (SSSR count). The first-order chi connectivity index (χ1) is 10.5. The number of carbonyl (C=O) groups excluding carboxylic acids is 2. The molecule has 0 spiro atoms. The van der Waals surface area contributed by atoms with Crippen LogP contribution in [0.4, 0.5) is 0 Å². The molecule has 0 aromatic heterocycles. The van der Waals surface area contributed by atoms with Crippen molar-refractivity contribution in [3.05, 3.63) is 28.3 Å². The molecule has 118 valence electrons. The summed E-state index contributed by atoms with van der Waals surface area (Å²) in [4.78, 5) is 25.5. The molecule has 22 heavy (non-hydrogen) atoms. The Morgan fingerprint density at radius 2 is 2.27 bits per heavy atom. The van der Waals surface area contributed by atoms with Crippen LogP contribution in [0.2, 0.25) is 5.02 Å². The molecule has 2 heterocycles. The van der Waals surface area contributed by atoms with Gasteiger partial charge in [0.1, 0.15) is 5.75 Å². The number of benzene rings is 1. The van der Waals surface area contributed by atoms with Crippen molar-refractivity contribution in [2.75, 3.05) is 26.2 Å². The van der Waals surface area contributed by atoms with Crippen LogP contribution in [-0.2, 0) is 11.2 Å². The fourth-order valence-corrected chi connectivity index (χ4v) is 3.31. The van der Waals surface area contributed by atoms with Crippen molar-refractivity contribution < 1.29 is 14.3 Å². The molecular formula is C16H19ClN2O3. The lowest BCUT2D eigenvalue weighted by Gasteiger charge is -2.18. The smallest absolute Gasteiger partial charge is 0.257 e. The van der Waals surface area contributed by atoms with Crippen LogP contribution in [0.1, 0.15) is 29.3 Å². The predicted octanol–water partition coefficient (Wildman–Crippen LogP) is 1.87. The molecule has 1 aromatic carbocycles. The van der Waals surface area contributed by atoms with Gasteiger partial charge in [0.25, 0.3) is 5.91 Å². The molecule has 0 bridgehead atoms. The molecule has 5 nitrogen and oxygen atoms in total. The summed E-state index contributed by atoms with van der Waals surface area (Å²) < 4.78 is 5.61. The molecule has 2 amide bonds. The number of hydrogen-bond donors (Lipinski definition) is 1. The van der Waals surface area contributed by atoms with Crippen molar-refractivity contribution in [3.63, 3.8) is 0 Å². The van der Waals surface area contributed by atoms with Gasteiger partial charge < -0.3 is 15.0 Å². The highest BCUT2D eigenvalue weighted by Gasteiger charge is 2.30.